The van der Waals surface area contributed by atoms with Crippen LogP contribution in [0, 0.1) is 56.1 Å². The topological polar surface area (TPSA) is 66.4 Å². The van der Waals surface area contributed by atoms with Crippen molar-refractivity contribution in [3.05, 3.63) is 47.3 Å². The number of hydrogen-bond acceptors (Lipinski definition) is 3. The van der Waals surface area contributed by atoms with E-state index in [0.29, 0.717) is 24.7 Å². The number of benzene rings is 1. The van der Waals surface area contributed by atoms with E-state index >= 15 is 0 Å². The first-order valence-electron chi connectivity index (χ1n) is 17.0. The summed E-state index contributed by atoms with van der Waals surface area (Å²) in [5.74, 6) is 0.665. The Kier molecular flexibility index (Phi) is 7.20. The molecule has 4 fully saturated rings. The number of rotatable bonds is 4. The molecule has 6 rings (SSSR count). The Balaban J connectivity index is 1.28. The number of ketones is 1. The lowest BCUT2D eigenvalue weighted by Crippen LogP contribution is -2.66. The van der Waals surface area contributed by atoms with Crippen LogP contribution in [-0.2, 0) is 16.0 Å². The van der Waals surface area contributed by atoms with Crippen molar-refractivity contribution in [2.75, 3.05) is 6.54 Å². The fourth-order valence-electron chi connectivity index (χ4n) is 11.6. The summed E-state index contributed by atoms with van der Waals surface area (Å²) in [5.41, 5.74) is 1.42. The van der Waals surface area contributed by atoms with Crippen molar-refractivity contribution in [1.82, 2.24) is 5.32 Å². The first-order chi connectivity index (χ1) is 20.0. The fraction of sp³-hybridized carbons (Fsp3) is 0.737. The molecule has 1 amide bonds. The molecule has 236 valence electrons. The van der Waals surface area contributed by atoms with E-state index in [1.54, 1.807) is 12.1 Å². The lowest BCUT2D eigenvalue weighted by Gasteiger charge is -2.70. The van der Waals surface area contributed by atoms with E-state index in [9.17, 15) is 19.1 Å². The number of hydrogen-bond donors (Lipinski definition) is 2. The molecule has 0 radical (unpaired) electrons. The molecule has 2 N–H and O–H groups in total. The Labute approximate surface area is 258 Å². The van der Waals surface area contributed by atoms with Crippen LogP contribution in [0.4, 0.5) is 4.39 Å². The SMILES string of the molecule is CC1(C)[C@@H](O)CC[C@]2(C)[C@H]3C(=O)C=C4[C@@H]5C[C@@](C)(C(=O)NCCc6ccc(F)cc6)CC[C@]5(C)CC[C@@]4(C)[C@]3(C)CC[C@@H]12. The third-order valence-electron chi connectivity index (χ3n) is 14.7. The molecule has 4 saturated carbocycles. The molecule has 0 aromatic heterocycles. The van der Waals surface area contributed by atoms with Crippen LogP contribution in [0.15, 0.2) is 35.9 Å². The van der Waals surface area contributed by atoms with Crippen LogP contribution in [0.2, 0.25) is 0 Å². The van der Waals surface area contributed by atoms with E-state index in [1.165, 1.54) is 17.7 Å². The highest BCUT2D eigenvalue weighted by atomic mass is 19.1. The first kappa shape index (κ1) is 31.0. The minimum atomic E-state index is -0.486. The second-order valence-electron chi connectivity index (χ2n) is 17.3. The Morgan fingerprint density at radius 3 is 2.30 bits per heavy atom. The van der Waals surface area contributed by atoms with Crippen LogP contribution in [0.1, 0.15) is 112 Å². The summed E-state index contributed by atoms with van der Waals surface area (Å²) < 4.78 is 13.3. The smallest absolute Gasteiger partial charge is 0.225 e. The zero-order valence-corrected chi connectivity index (χ0v) is 27.6. The molecule has 43 heavy (non-hydrogen) atoms. The standard InChI is InChI=1S/C38H54FNO3/c1-33(2)29-12-16-38(7)31(36(29,5)15-13-30(33)42)28(41)22-26-27-23-35(4,18-17-34(27,3)19-20-37(26,38)6)32(43)40-21-14-24-8-10-25(39)11-9-24/h8-11,22,27,29-31,42H,12-21,23H2,1-7H3,(H,40,43)/t27-,29-,30-,31+,34+,35-,36-,37+,38+/m0/s1. The number of allylic oxidation sites excluding steroid dienone is 2. The second-order valence-corrected chi connectivity index (χ2v) is 17.3. The summed E-state index contributed by atoms with van der Waals surface area (Å²) in [6, 6.07) is 6.50. The maximum atomic E-state index is 14.5. The van der Waals surface area contributed by atoms with Crippen molar-refractivity contribution in [3.63, 3.8) is 0 Å². The van der Waals surface area contributed by atoms with Crippen molar-refractivity contribution in [1.29, 1.82) is 0 Å². The van der Waals surface area contributed by atoms with E-state index in [4.69, 9.17) is 0 Å². The van der Waals surface area contributed by atoms with Gasteiger partial charge >= 0.3 is 0 Å². The number of carbonyl (C=O) groups is 2. The minimum Gasteiger partial charge on any atom is -0.393 e. The zero-order chi connectivity index (χ0) is 31.2. The molecule has 0 spiro atoms. The maximum absolute atomic E-state index is 14.5. The summed E-state index contributed by atoms with van der Waals surface area (Å²) >= 11 is 0. The Hall–Kier alpha value is -2.01. The van der Waals surface area contributed by atoms with Crippen LogP contribution in [0.5, 0.6) is 0 Å². The molecule has 5 aliphatic carbocycles. The molecule has 0 unspecified atom stereocenters. The van der Waals surface area contributed by atoms with Gasteiger partial charge in [-0.3, -0.25) is 9.59 Å². The maximum Gasteiger partial charge on any atom is 0.225 e. The number of fused-ring (bicyclic) bond motifs is 7. The van der Waals surface area contributed by atoms with Crippen molar-refractivity contribution in [2.24, 2.45) is 50.2 Å². The first-order valence-corrected chi connectivity index (χ1v) is 17.0. The minimum absolute atomic E-state index is 0.0339. The molecule has 4 nitrogen and oxygen atoms in total. The van der Waals surface area contributed by atoms with Crippen molar-refractivity contribution in [3.8, 4) is 0 Å². The zero-order valence-electron chi connectivity index (χ0n) is 27.6. The van der Waals surface area contributed by atoms with E-state index in [1.807, 2.05) is 0 Å². The van der Waals surface area contributed by atoms with Crippen molar-refractivity contribution < 1.29 is 19.1 Å². The molecular formula is C38H54FNO3. The summed E-state index contributed by atoms with van der Waals surface area (Å²) in [4.78, 5) is 28.3. The van der Waals surface area contributed by atoms with Gasteiger partial charge in [0.25, 0.3) is 0 Å². The average molecular weight is 592 g/mol. The normalized spacial score (nSPS) is 45.1. The van der Waals surface area contributed by atoms with Gasteiger partial charge in [0, 0.05) is 17.9 Å². The van der Waals surface area contributed by atoms with E-state index in [2.05, 4.69) is 59.9 Å². The van der Waals surface area contributed by atoms with Gasteiger partial charge in [-0.25, -0.2) is 4.39 Å². The predicted molar refractivity (Wildman–Crippen MR) is 169 cm³/mol. The van der Waals surface area contributed by atoms with Crippen LogP contribution < -0.4 is 5.32 Å². The van der Waals surface area contributed by atoms with Crippen LogP contribution in [0.3, 0.4) is 0 Å². The Bertz CT molecular complexity index is 1330. The van der Waals surface area contributed by atoms with Gasteiger partial charge in [-0.2, -0.15) is 0 Å². The van der Waals surface area contributed by atoms with Gasteiger partial charge in [-0.05, 0) is 127 Å². The van der Waals surface area contributed by atoms with Gasteiger partial charge in [0.2, 0.25) is 5.91 Å². The van der Waals surface area contributed by atoms with Gasteiger partial charge in [0.15, 0.2) is 5.78 Å². The second kappa shape index (κ2) is 9.99. The van der Waals surface area contributed by atoms with E-state index in [-0.39, 0.29) is 56.7 Å². The molecular weight excluding hydrogens is 537 g/mol. The molecule has 1 aromatic rings. The molecule has 0 saturated heterocycles. The van der Waals surface area contributed by atoms with Crippen LogP contribution in [-0.4, -0.2) is 29.4 Å². The molecule has 5 aliphatic rings. The number of aliphatic hydroxyl groups is 1. The largest absolute Gasteiger partial charge is 0.393 e. The number of aliphatic hydroxyl groups excluding tert-OH is 1. The number of nitrogens with one attached hydrogen (secondary N) is 1. The molecule has 9 atom stereocenters. The fourth-order valence-corrected chi connectivity index (χ4v) is 11.6. The highest BCUT2D eigenvalue weighted by Crippen LogP contribution is 2.75. The molecule has 0 heterocycles. The number of halogens is 1. The summed E-state index contributed by atoms with van der Waals surface area (Å²) in [7, 11) is 0. The Morgan fingerprint density at radius 1 is 0.930 bits per heavy atom. The quantitative estimate of drug-likeness (QED) is 0.375. The molecule has 0 bridgehead atoms. The predicted octanol–water partition coefficient (Wildman–Crippen LogP) is 7.83. The third-order valence-corrected chi connectivity index (χ3v) is 14.7. The third kappa shape index (κ3) is 4.44. The average Bonchev–Trinajstić information content (AvgIpc) is 2.94. The Morgan fingerprint density at radius 2 is 1.60 bits per heavy atom. The van der Waals surface area contributed by atoms with Crippen LogP contribution >= 0.6 is 0 Å². The van der Waals surface area contributed by atoms with Gasteiger partial charge in [-0.1, -0.05) is 66.2 Å². The van der Waals surface area contributed by atoms with Gasteiger partial charge < -0.3 is 10.4 Å². The molecule has 1 aromatic carbocycles. The van der Waals surface area contributed by atoms with Gasteiger partial charge in [0.05, 0.1) is 6.10 Å². The van der Waals surface area contributed by atoms with Crippen molar-refractivity contribution >= 4 is 11.7 Å². The van der Waals surface area contributed by atoms with Gasteiger partial charge in [-0.15, -0.1) is 0 Å². The molecule has 5 heteroatoms. The summed E-state index contributed by atoms with van der Waals surface area (Å²) in [5, 5.41) is 14.2. The molecule has 0 aliphatic heterocycles. The van der Waals surface area contributed by atoms with Crippen LogP contribution in [0.25, 0.3) is 0 Å². The highest BCUT2D eigenvalue weighted by molar-refractivity contribution is 5.95. The van der Waals surface area contributed by atoms with Crippen molar-refractivity contribution in [2.45, 2.75) is 119 Å². The van der Waals surface area contributed by atoms with E-state index < -0.39 is 5.41 Å². The lowest BCUT2D eigenvalue weighted by atomic mass is 9.33. The summed E-state index contributed by atoms with van der Waals surface area (Å²) in [6.45, 7) is 16.8. The number of carbonyl (C=O) groups excluding carboxylic acids is 2. The lowest BCUT2D eigenvalue weighted by molar-refractivity contribution is -0.202. The summed E-state index contributed by atoms with van der Waals surface area (Å²) in [6.07, 6.45) is 11.0. The van der Waals surface area contributed by atoms with E-state index in [0.717, 1.165) is 63.4 Å². The van der Waals surface area contributed by atoms with Gasteiger partial charge in [0.1, 0.15) is 5.82 Å². The number of amides is 1. The monoisotopic (exact) mass is 591 g/mol. The highest BCUT2D eigenvalue weighted by Gasteiger charge is 2.70.